The second kappa shape index (κ2) is 7.08. The van der Waals surface area contributed by atoms with Gasteiger partial charge in [-0.15, -0.1) is 0 Å². The first-order chi connectivity index (χ1) is 11.6. The molecule has 3 aromatic heterocycles. The average Bonchev–Trinajstić information content (AvgIpc) is 2.90. The van der Waals surface area contributed by atoms with Crippen LogP contribution in [-0.4, -0.2) is 20.4 Å². The smallest absolute Gasteiger partial charge is 0.253 e. The Morgan fingerprint density at radius 3 is 2.75 bits per heavy atom. The van der Waals surface area contributed by atoms with Gasteiger partial charge in [-0.25, -0.2) is 0 Å². The Balaban J connectivity index is 1.74. The highest BCUT2D eigenvalue weighted by molar-refractivity contribution is 5.95. The highest BCUT2D eigenvalue weighted by Gasteiger charge is 2.15. The molecular weight excluding hydrogens is 300 g/mol. The molecule has 0 aliphatic heterocycles. The summed E-state index contributed by atoms with van der Waals surface area (Å²) in [5.41, 5.74) is 4.65. The fraction of sp³-hybridized carbons (Fsp3) is 0.211. The van der Waals surface area contributed by atoms with Crippen molar-refractivity contribution in [3.8, 4) is 0 Å². The molecule has 122 valence electrons. The van der Waals surface area contributed by atoms with Crippen LogP contribution in [0, 0.1) is 13.8 Å². The largest absolute Gasteiger partial charge is 0.348 e. The van der Waals surface area contributed by atoms with Gasteiger partial charge in [0.2, 0.25) is 0 Å². The first kappa shape index (κ1) is 15.9. The number of hydrogen-bond acceptors (Lipinski definition) is 3. The third-order valence-electron chi connectivity index (χ3n) is 4.04. The standard InChI is InChI=1S/C19H20N4O/c1-14-10-18(19(24)22-12-16-6-5-8-20-11-16)15(2)23(14)13-17-7-3-4-9-21-17/h3-11H,12-13H2,1-2H3,(H,22,24). The molecule has 0 fully saturated rings. The molecule has 3 rings (SSSR count). The molecule has 0 spiro atoms. The molecule has 1 amide bonds. The van der Waals surface area contributed by atoms with Crippen LogP contribution in [0.4, 0.5) is 0 Å². The van der Waals surface area contributed by atoms with E-state index in [2.05, 4.69) is 19.9 Å². The normalized spacial score (nSPS) is 10.6. The Morgan fingerprint density at radius 1 is 1.17 bits per heavy atom. The Bertz CT molecular complexity index is 825. The zero-order valence-corrected chi connectivity index (χ0v) is 13.9. The van der Waals surface area contributed by atoms with E-state index >= 15 is 0 Å². The van der Waals surface area contributed by atoms with Crippen LogP contribution < -0.4 is 5.32 Å². The van der Waals surface area contributed by atoms with Crippen LogP contribution in [0.15, 0.2) is 55.0 Å². The van der Waals surface area contributed by atoms with Gasteiger partial charge in [-0.05, 0) is 43.7 Å². The lowest BCUT2D eigenvalue weighted by atomic mass is 10.2. The fourth-order valence-corrected chi connectivity index (χ4v) is 2.71. The van der Waals surface area contributed by atoms with Crippen molar-refractivity contribution in [2.45, 2.75) is 26.9 Å². The lowest BCUT2D eigenvalue weighted by molar-refractivity contribution is 0.0950. The van der Waals surface area contributed by atoms with Crippen LogP contribution >= 0.6 is 0 Å². The maximum atomic E-state index is 12.5. The first-order valence-corrected chi connectivity index (χ1v) is 7.89. The summed E-state index contributed by atoms with van der Waals surface area (Å²) in [6, 6.07) is 11.6. The lowest BCUT2D eigenvalue weighted by Gasteiger charge is -2.09. The van der Waals surface area contributed by atoms with Crippen molar-refractivity contribution in [1.82, 2.24) is 19.9 Å². The molecule has 0 saturated heterocycles. The first-order valence-electron chi connectivity index (χ1n) is 7.89. The van der Waals surface area contributed by atoms with E-state index in [1.54, 1.807) is 18.6 Å². The van der Waals surface area contributed by atoms with Crippen molar-refractivity contribution in [3.05, 3.63) is 83.2 Å². The second-order valence-corrected chi connectivity index (χ2v) is 5.74. The number of hydrogen-bond donors (Lipinski definition) is 1. The van der Waals surface area contributed by atoms with Gasteiger partial charge in [0, 0.05) is 36.5 Å². The van der Waals surface area contributed by atoms with Gasteiger partial charge in [-0.2, -0.15) is 0 Å². The van der Waals surface area contributed by atoms with Crippen LogP contribution in [0.1, 0.15) is 33.0 Å². The summed E-state index contributed by atoms with van der Waals surface area (Å²) in [4.78, 5) is 20.9. The Hall–Kier alpha value is -2.95. The second-order valence-electron chi connectivity index (χ2n) is 5.74. The Morgan fingerprint density at radius 2 is 2.04 bits per heavy atom. The topological polar surface area (TPSA) is 59.8 Å². The monoisotopic (exact) mass is 320 g/mol. The van der Waals surface area contributed by atoms with Crippen molar-refractivity contribution in [2.75, 3.05) is 0 Å². The summed E-state index contributed by atoms with van der Waals surface area (Å²) in [6.45, 7) is 5.10. The van der Waals surface area contributed by atoms with E-state index < -0.39 is 0 Å². The quantitative estimate of drug-likeness (QED) is 0.786. The molecule has 3 aromatic rings. The molecule has 0 aliphatic rings. The van der Waals surface area contributed by atoms with Gasteiger partial charge in [0.25, 0.3) is 5.91 Å². The number of rotatable bonds is 5. The fourth-order valence-electron chi connectivity index (χ4n) is 2.71. The van der Waals surface area contributed by atoms with Crippen LogP contribution in [0.3, 0.4) is 0 Å². The van der Waals surface area contributed by atoms with Crippen LogP contribution in [0.5, 0.6) is 0 Å². The van der Waals surface area contributed by atoms with E-state index in [0.29, 0.717) is 18.7 Å². The summed E-state index contributed by atoms with van der Waals surface area (Å²) < 4.78 is 2.11. The predicted molar refractivity (Wildman–Crippen MR) is 92.7 cm³/mol. The van der Waals surface area contributed by atoms with Crippen molar-refractivity contribution in [3.63, 3.8) is 0 Å². The zero-order chi connectivity index (χ0) is 16.9. The van der Waals surface area contributed by atoms with Crippen molar-refractivity contribution in [1.29, 1.82) is 0 Å². The number of carbonyl (C=O) groups excluding carboxylic acids is 1. The lowest BCUT2D eigenvalue weighted by Crippen LogP contribution is -2.23. The molecule has 0 aromatic carbocycles. The molecule has 3 heterocycles. The van der Waals surface area contributed by atoms with Crippen LogP contribution in [0.2, 0.25) is 0 Å². The number of aromatic nitrogens is 3. The van der Waals surface area contributed by atoms with Gasteiger partial charge in [0.1, 0.15) is 0 Å². The maximum absolute atomic E-state index is 12.5. The molecule has 5 nitrogen and oxygen atoms in total. The molecule has 0 bridgehead atoms. The van der Waals surface area contributed by atoms with Gasteiger partial charge < -0.3 is 9.88 Å². The highest BCUT2D eigenvalue weighted by atomic mass is 16.1. The molecule has 24 heavy (non-hydrogen) atoms. The van der Waals surface area contributed by atoms with E-state index in [1.165, 1.54) is 0 Å². The summed E-state index contributed by atoms with van der Waals surface area (Å²) in [5, 5.41) is 2.95. The van der Waals surface area contributed by atoms with Gasteiger partial charge in [0.15, 0.2) is 0 Å². The summed E-state index contributed by atoms with van der Waals surface area (Å²) in [7, 11) is 0. The highest BCUT2D eigenvalue weighted by Crippen LogP contribution is 2.16. The minimum atomic E-state index is -0.0702. The van der Waals surface area contributed by atoms with Crippen LogP contribution in [0.25, 0.3) is 0 Å². The van der Waals surface area contributed by atoms with E-state index in [9.17, 15) is 4.79 Å². The van der Waals surface area contributed by atoms with Crippen LogP contribution in [-0.2, 0) is 13.1 Å². The molecule has 0 saturated carbocycles. The molecule has 0 unspecified atom stereocenters. The number of nitrogens with one attached hydrogen (secondary N) is 1. The molecular formula is C19H20N4O. The predicted octanol–water partition coefficient (Wildman–Crippen LogP) is 2.87. The third kappa shape index (κ3) is 3.51. The Kier molecular flexibility index (Phi) is 4.70. The summed E-state index contributed by atoms with van der Waals surface area (Å²) >= 11 is 0. The van der Waals surface area contributed by atoms with Crippen molar-refractivity contribution >= 4 is 5.91 Å². The SMILES string of the molecule is Cc1cc(C(=O)NCc2cccnc2)c(C)n1Cc1ccccn1. The molecule has 0 radical (unpaired) electrons. The average molecular weight is 320 g/mol. The number of aryl methyl sites for hydroxylation is 1. The minimum Gasteiger partial charge on any atom is -0.348 e. The van der Waals surface area contributed by atoms with E-state index in [1.807, 2.05) is 50.2 Å². The third-order valence-corrected chi connectivity index (χ3v) is 4.04. The van der Waals surface area contributed by atoms with Gasteiger partial charge >= 0.3 is 0 Å². The van der Waals surface area contributed by atoms with Gasteiger partial charge in [0.05, 0.1) is 17.8 Å². The summed E-state index contributed by atoms with van der Waals surface area (Å²) in [5.74, 6) is -0.0702. The minimum absolute atomic E-state index is 0.0702. The summed E-state index contributed by atoms with van der Waals surface area (Å²) in [6.07, 6.45) is 5.26. The molecule has 0 aliphatic carbocycles. The van der Waals surface area contributed by atoms with E-state index in [-0.39, 0.29) is 5.91 Å². The number of carbonyl (C=O) groups is 1. The maximum Gasteiger partial charge on any atom is 0.253 e. The molecule has 5 heteroatoms. The van der Waals surface area contributed by atoms with E-state index in [0.717, 1.165) is 22.6 Å². The van der Waals surface area contributed by atoms with Crippen molar-refractivity contribution in [2.24, 2.45) is 0 Å². The molecule has 1 N–H and O–H groups in total. The number of amides is 1. The van der Waals surface area contributed by atoms with Gasteiger partial charge in [-0.1, -0.05) is 12.1 Å². The van der Waals surface area contributed by atoms with Gasteiger partial charge in [-0.3, -0.25) is 14.8 Å². The Labute approximate surface area is 141 Å². The zero-order valence-electron chi connectivity index (χ0n) is 13.9. The number of nitrogens with zero attached hydrogens (tertiary/aromatic N) is 3. The van der Waals surface area contributed by atoms with Crippen molar-refractivity contribution < 1.29 is 4.79 Å². The molecule has 0 atom stereocenters. The van der Waals surface area contributed by atoms with E-state index in [4.69, 9.17) is 0 Å². The number of pyridine rings is 2.